The van der Waals surface area contributed by atoms with Crippen LogP contribution in [-0.4, -0.2) is 92.0 Å². The first-order valence-electron chi connectivity index (χ1n) is 11.3. The highest BCUT2D eigenvalue weighted by Gasteiger charge is 2.35. The second kappa shape index (κ2) is 11.7. The van der Waals surface area contributed by atoms with Crippen molar-refractivity contribution in [3.05, 3.63) is 58.0 Å². The van der Waals surface area contributed by atoms with E-state index in [1.165, 1.54) is 34.4 Å². The molecule has 8 nitrogen and oxygen atoms in total. The molecule has 0 spiro atoms. The van der Waals surface area contributed by atoms with Gasteiger partial charge in [0.2, 0.25) is 5.91 Å². The lowest BCUT2D eigenvalue weighted by atomic mass is 10.0. The van der Waals surface area contributed by atoms with Gasteiger partial charge in [-0.2, -0.15) is 5.10 Å². The molecule has 34 heavy (non-hydrogen) atoms. The summed E-state index contributed by atoms with van der Waals surface area (Å²) in [5.41, 5.74) is 0.909. The summed E-state index contributed by atoms with van der Waals surface area (Å²) < 4.78 is 24.9. The molecule has 4 rings (SSSR count). The number of methoxy groups -OCH3 is 1. The van der Waals surface area contributed by atoms with Gasteiger partial charge in [0.25, 0.3) is 5.91 Å². The van der Waals surface area contributed by atoms with Crippen LogP contribution < -0.4 is 0 Å². The van der Waals surface area contributed by atoms with Crippen molar-refractivity contribution in [2.75, 3.05) is 59.7 Å². The lowest BCUT2D eigenvalue weighted by Crippen LogP contribution is -2.47. The molecule has 1 saturated heterocycles. The largest absolute Gasteiger partial charge is 0.379 e. The summed E-state index contributed by atoms with van der Waals surface area (Å²) in [7, 11) is 1.46. The molecule has 1 aromatic heterocycles. The predicted octanol–water partition coefficient (Wildman–Crippen LogP) is 2.37. The Morgan fingerprint density at radius 3 is 2.74 bits per heavy atom. The molecule has 1 fully saturated rings. The monoisotopic (exact) mass is 488 g/mol. The molecule has 0 bridgehead atoms. The van der Waals surface area contributed by atoms with Crippen molar-refractivity contribution in [3.63, 3.8) is 0 Å². The average molecular weight is 489 g/mol. The molecule has 2 aromatic rings. The quantitative estimate of drug-likeness (QED) is 0.542. The highest BCUT2D eigenvalue weighted by atomic mass is 32.1. The first-order valence-corrected chi connectivity index (χ1v) is 12.2. The molecule has 0 radical (unpaired) electrons. The van der Waals surface area contributed by atoms with Crippen molar-refractivity contribution >= 4 is 28.9 Å². The molecule has 1 atom stereocenters. The smallest absolute Gasteiger partial charge is 0.262 e. The standard InChI is InChI=1S/C24H29FN4O4S/c1-32-17-24(31)28(9-8-27-10-12-33-13-11-27)16-23(30)29-21(22-7-4-14-34-22)15-20(26-29)18-5-2-3-6-19(18)25/h2-7,14,21H,8-13,15-17H2,1H3/t21-/m1/s1. The summed E-state index contributed by atoms with van der Waals surface area (Å²) in [6, 6.07) is 9.97. The van der Waals surface area contributed by atoms with Gasteiger partial charge in [0.15, 0.2) is 0 Å². The minimum absolute atomic E-state index is 0.103. The number of amides is 2. The summed E-state index contributed by atoms with van der Waals surface area (Å²) in [5, 5.41) is 7.89. The Morgan fingerprint density at radius 1 is 1.24 bits per heavy atom. The van der Waals surface area contributed by atoms with E-state index >= 15 is 0 Å². The van der Waals surface area contributed by atoms with Gasteiger partial charge in [-0.25, -0.2) is 9.40 Å². The van der Waals surface area contributed by atoms with Crippen LogP contribution in [0.25, 0.3) is 0 Å². The van der Waals surface area contributed by atoms with E-state index in [1.807, 2.05) is 17.5 Å². The molecule has 2 aliphatic rings. The van der Waals surface area contributed by atoms with Crippen LogP contribution in [-0.2, 0) is 19.1 Å². The van der Waals surface area contributed by atoms with Crippen LogP contribution in [0.5, 0.6) is 0 Å². The third-order valence-electron chi connectivity index (χ3n) is 5.96. The number of halogens is 1. The van der Waals surface area contributed by atoms with Crippen molar-refractivity contribution in [2.24, 2.45) is 5.10 Å². The Morgan fingerprint density at radius 2 is 2.03 bits per heavy atom. The minimum Gasteiger partial charge on any atom is -0.379 e. The number of nitrogens with zero attached hydrogens (tertiary/aromatic N) is 4. The van der Waals surface area contributed by atoms with Gasteiger partial charge in [0.1, 0.15) is 19.0 Å². The van der Waals surface area contributed by atoms with E-state index in [9.17, 15) is 14.0 Å². The maximum Gasteiger partial charge on any atom is 0.262 e. The zero-order valence-electron chi connectivity index (χ0n) is 19.2. The van der Waals surface area contributed by atoms with Crippen LogP contribution in [0.3, 0.4) is 0 Å². The molecule has 0 unspecified atom stereocenters. The number of ether oxygens (including phenoxy) is 2. The van der Waals surface area contributed by atoms with Crippen LogP contribution in [0.2, 0.25) is 0 Å². The zero-order valence-corrected chi connectivity index (χ0v) is 20.0. The Kier molecular flexibility index (Phi) is 8.39. The Bertz CT molecular complexity index is 1010. The number of hydrogen-bond acceptors (Lipinski definition) is 7. The number of carbonyl (C=O) groups excluding carboxylic acids is 2. The molecule has 0 saturated carbocycles. The van der Waals surface area contributed by atoms with Crippen LogP contribution in [0.1, 0.15) is 22.9 Å². The second-order valence-electron chi connectivity index (χ2n) is 8.20. The number of carbonyl (C=O) groups is 2. The van der Waals surface area contributed by atoms with Crippen molar-refractivity contribution in [2.45, 2.75) is 12.5 Å². The van der Waals surface area contributed by atoms with E-state index in [-0.39, 0.29) is 36.8 Å². The third kappa shape index (κ3) is 5.87. The lowest BCUT2D eigenvalue weighted by Gasteiger charge is -2.30. The first-order chi connectivity index (χ1) is 16.6. The van der Waals surface area contributed by atoms with Crippen molar-refractivity contribution < 1.29 is 23.5 Å². The summed E-state index contributed by atoms with van der Waals surface area (Å²) in [4.78, 5) is 30.8. The van der Waals surface area contributed by atoms with E-state index in [0.717, 1.165) is 18.0 Å². The van der Waals surface area contributed by atoms with Crippen LogP contribution in [0.15, 0.2) is 46.9 Å². The Labute approximate surface area is 202 Å². The first kappa shape index (κ1) is 24.5. The van der Waals surface area contributed by atoms with Crippen molar-refractivity contribution in [1.82, 2.24) is 14.8 Å². The van der Waals surface area contributed by atoms with Gasteiger partial charge in [-0.1, -0.05) is 24.3 Å². The fourth-order valence-corrected chi connectivity index (χ4v) is 4.94. The fourth-order valence-electron chi connectivity index (χ4n) is 4.13. The van der Waals surface area contributed by atoms with E-state index < -0.39 is 0 Å². The normalized spacial score (nSPS) is 18.7. The number of rotatable bonds is 9. The van der Waals surface area contributed by atoms with Gasteiger partial charge in [-0.05, 0) is 17.5 Å². The van der Waals surface area contributed by atoms with Crippen molar-refractivity contribution in [3.8, 4) is 0 Å². The molecular formula is C24H29FN4O4S. The summed E-state index contributed by atoms with van der Waals surface area (Å²) in [5.74, 6) is -0.937. The fraction of sp³-hybridized carbons (Fsp3) is 0.458. The van der Waals surface area contributed by atoms with Crippen LogP contribution >= 0.6 is 11.3 Å². The Hall–Kier alpha value is -2.66. The number of hydrogen-bond donors (Lipinski definition) is 0. The molecule has 3 heterocycles. The molecule has 10 heteroatoms. The number of morpholine rings is 1. The van der Waals surface area contributed by atoms with Gasteiger partial charge in [-0.15, -0.1) is 11.3 Å². The molecule has 0 aliphatic carbocycles. The maximum absolute atomic E-state index is 14.5. The maximum atomic E-state index is 14.5. The molecule has 0 N–H and O–H groups in total. The second-order valence-corrected chi connectivity index (χ2v) is 9.18. The summed E-state index contributed by atoms with van der Waals surface area (Å²) in [6.45, 7) is 3.73. The van der Waals surface area contributed by atoms with Crippen molar-refractivity contribution in [1.29, 1.82) is 0 Å². The minimum atomic E-state index is -0.372. The molecule has 1 aromatic carbocycles. The predicted molar refractivity (Wildman–Crippen MR) is 127 cm³/mol. The molecule has 182 valence electrons. The van der Waals surface area contributed by atoms with E-state index in [2.05, 4.69) is 10.0 Å². The van der Waals surface area contributed by atoms with E-state index in [0.29, 0.717) is 44.0 Å². The van der Waals surface area contributed by atoms with Gasteiger partial charge >= 0.3 is 0 Å². The van der Waals surface area contributed by atoms with E-state index in [1.54, 1.807) is 18.2 Å². The highest BCUT2D eigenvalue weighted by molar-refractivity contribution is 7.10. The SMILES string of the molecule is COCC(=O)N(CCN1CCOCC1)CC(=O)N1N=C(c2ccccc2F)C[C@@H]1c1cccs1. The van der Waals surface area contributed by atoms with Gasteiger partial charge in [0.05, 0.1) is 25.0 Å². The zero-order chi connectivity index (χ0) is 23.9. The Balaban J connectivity index is 1.52. The van der Waals surface area contributed by atoms with Gasteiger partial charge in [0, 0.05) is 50.2 Å². The lowest BCUT2D eigenvalue weighted by molar-refractivity contribution is -0.143. The van der Waals surface area contributed by atoms with Gasteiger partial charge in [-0.3, -0.25) is 14.5 Å². The van der Waals surface area contributed by atoms with Crippen LogP contribution in [0.4, 0.5) is 4.39 Å². The average Bonchev–Trinajstić information content (AvgIpc) is 3.53. The summed E-state index contributed by atoms with van der Waals surface area (Å²) >= 11 is 1.53. The molecule has 2 aliphatic heterocycles. The topological polar surface area (TPSA) is 74.7 Å². The van der Waals surface area contributed by atoms with E-state index in [4.69, 9.17) is 9.47 Å². The summed E-state index contributed by atoms with van der Waals surface area (Å²) in [6.07, 6.45) is 0.410. The third-order valence-corrected chi connectivity index (χ3v) is 6.93. The number of thiophene rings is 1. The number of hydrazone groups is 1. The molecular weight excluding hydrogens is 459 g/mol. The van der Waals surface area contributed by atoms with Gasteiger partial charge < -0.3 is 14.4 Å². The highest BCUT2D eigenvalue weighted by Crippen LogP contribution is 2.35. The number of benzene rings is 1. The molecule has 2 amide bonds. The van der Waals surface area contributed by atoms with Crippen LogP contribution in [0, 0.1) is 5.82 Å².